The Hall–Kier alpha value is -1.20. The summed E-state index contributed by atoms with van der Waals surface area (Å²) in [5, 5.41) is 3.23. The highest BCUT2D eigenvalue weighted by Crippen LogP contribution is 2.19. The van der Waals surface area contributed by atoms with E-state index in [1.807, 2.05) is 0 Å². The number of hydrogen-bond acceptors (Lipinski definition) is 4. The Morgan fingerprint density at radius 1 is 1.23 bits per heavy atom. The number of halogens is 3. The van der Waals surface area contributed by atoms with Crippen molar-refractivity contribution in [2.24, 2.45) is 4.99 Å². The molecule has 1 unspecified atom stereocenters. The quantitative estimate of drug-likeness (QED) is 0.249. The van der Waals surface area contributed by atoms with Gasteiger partial charge in [-0.3, -0.25) is 4.99 Å². The molecular weight excluding hydrogens is 507 g/mol. The predicted octanol–water partition coefficient (Wildman–Crippen LogP) is 3.59. The molecule has 0 amide bonds. The van der Waals surface area contributed by atoms with E-state index in [4.69, 9.17) is 14.2 Å². The number of guanidine groups is 1. The number of hydrogen-bond donors (Lipinski definition) is 1. The first-order valence-electron chi connectivity index (χ1n) is 10.4. The van der Waals surface area contributed by atoms with E-state index in [1.165, 1.54) is 18.6 Å². The lowest BCUT2D eigenvalue weighted by molar-refractivity contribution is -0.0721. The van der Waals surface area contributed by atoms with Crippen LogP contribution in [0.5, 0.6) is 5.75 Å². The summed E-state index contributed by atoms with van der Waals surface area (Å²) in [5.41, 5.74) is 0. The van der Waals surface area contributed by atoms with Crippen molar-refractivity contribution in [3.63, 3.8) is 0 Å². The van der Waals surface area contributed by atoms with E-state index in [-0.39, 0.29) is 48.5 Å². The summed E-state index contributed by atoms with van der Waals surface area (Å²) in [5.74, 6) is -0.479. The molecule has 6 nitrogen and oxygen atoms in total. The summed E-state index contributed by atoms with van der Waals surface area (Å²) in [6, 6.07) is 3.29. The molecule has 1 aromatic rings. The molecule has 0 saturated carbocycles. The van der Waals surface area contributed by atoms with Crippen LogP contribution in [-0.2, 0) is 9.47 Å². The SMILES string of the molecule is CN=C(NCCOc1ccc(F)cc1F)N1CCC(OCC2CCCCO2)CC1.I. The minimum Gasteiger partial charge on any atom is -0.489 e. The molecule has 0 aromatic heterocycles. The number of nitrogens with zero attached hydrogens (tertiary/aromatic N) is 2. The van der Waals surface area contributed by atoms with Crippen LogP contribution in [0, 0.1) is 11.6 Å². The first-order chi connectivity index (χ1) is 14.2. The van der Waals surface area contributed by atoms with Gasteiger partial charge in [0.05, 0.1) is 25.4 Å². The van der Waals surface area contributed by atoms with Gasteiger partial charge >= 0.3 is 0 Å². The van der Waals surface area contributed by atoms with Crippen LogP contribution in [0.25, 0.3) is 0 Å². The van der Waals surface area contributed by atoms with Crippen LogP contribution in [0.15, 0.2) is 23.2 Å². The second kappa shape index (κ2) is 13.3. The number of likely N-dealkylation sites (tertiary alicyclic amines) is 1. The van der Waals surface area contributed by atoms with Gasteiger partial charge in [0, 0.05) is 32.8 Å². The summed E-state index contributed by atoms with van der Waals surface area (Å²) in [6.07, 6.45) is 5.90. The lowest BCUT2D eigenvalue weighted by atomic mass is 10.1. The summed E-state index contributed by atoms with van der Waals surface area (Å²) >= 11 is 0. The highest BCUT2D eigenvalue weighted by atomic mass is 127. The summed E-state index contributed by atoms with van der Waals surface area (Å²) < 4.78 is 43.6. The van der Waals surface area contributed by atoms with E-state index < -0.39 is 11.6 Å². The molecule has 2 aliphatic heterocycles. The highest BCUT2D eigenvalue weighted by molar-refractivity contribution is 14.0. The Balaban J connectivity index is 0.00000320. The Morgan fingerprint density at radius 2 is 2.03 bits per heavy atom. The van der Waals surface area contributed by atoms with Crippen molar-refractivity contribution in [3.8, 4) is 5.75 Å². The monoisotopic (exact) mass is 539 g/mol. The van der Waals surface area contributed by atoms with Gasteiger partial charge in [0.2, 0.25) is 0 Å². The average molecular weight is 539 g/mol. The second-order valence-corrected chi connectivity index (χ2v) is 7.41. The van der Waals surface area contributed by atoms with Crippen molar-refractivity contribution in [2.45, 2.75) is 44.3 Å². The molecule has 0 spiro atoms. The van der Waals surface area contributed by atoms with Crippen molar-refractivity contribution in [1.82, 2.24) is 10.2 Å². The zero-order chi connectivity index (χ0) is 20.5. The lowest BCUT2D eigenvalue weighted by Gasteiger charge is -2.35. The molecule has 3 rings (SSSR count). The number of rotatable bonds is 7. The van der Waals surface area contributed by atoms with Gasteiger partial charge in [-0.05, 0) is 44.2 Å². The third-order valence-corrected chi connectivity index (χ3v) is 5.28. The Morgan fingerprint density at radius 3 is 2.70 bits per heavy atom. The summed E-state index contributed by atoms with van der Waals surface area (Å²) in [6.45, 7) is 4.00. The van der Waals surface area contributed by atoms with E-state index in [0.717, 1.165) is 57.4 Å². The molecule has 30 heavy (non-hydrogen) atoms. The molecule has 1 N–H and O–H groups in total. The number of benzene rings is 1. The van der Waals surface area contributed by atoms with Crippen molar-refractivity contribution in [2.75, 3.05) is 46.5 Å². The zero-order valence-electron chi connectivity index (χ0n) is 17.4. The molecule has 1 atom stereocenters. The van der Waals surface area contributed by atoms with Crippen LogP contribution >= 0.6 is 24.0 Å². The number of piperidine rings is 1. The van der Waals surface area contributed by atoms with Crippen LogP contribution in [0.2, 0.25) is 0 Å². The van der Waals surface area contributed by atoms with Crippen LogP contribution in [0.3, 0.4) is 0 Å². The van der Waals surface area contributed by atoms with E-state index in [2.05, 4.69) is 15.2 Å². The van der Waals surface area contributed by atoms with Gasteiger partial charge in [0.25, 0.3) is 0 Å². The maximum absolute atomic E-state index is 13.6. The number of ether oxygens (including phenoxy) is 3. The molecule has 2 aliphatic rings. The molecular formula is C21H32F2IN3O3. The fraction of sp³-hybridized carbons (Fsp3) is 0.667. The fourth-order valence-electron chi connectivity index (χ4n) is 3.66. The van der Waals surface area contributed by atoms with E-state index in [9.17, 15) is 8.78 Å². The normalized spacial score (nSPS) is 20.6. The average Bonchev–Trinajstić information content (AvgIpc) is 2.75. The Labute approximate surface area is 194 Å². The minimum absolute atomic E-state index is 0. The van der Waals surface area contributed by atoms with Crippen LogP contribution in [0.1, 0.15) is 32.1 Å². The second-order valence-electron chi connectivity index (χ2n) is 7.41. The number of aliphatic imine (C=N–C) groups is 1. The maximum Gasteiger partial charge on any atom is 0.193 e. The van der Waals surface area contributed by atoms with Crippen molar-refractivity contribution >= 4 is 29.9 Å². The Kier molecular flexibility index (Phi) is 11.1. The van der Waals surface area contributed by atoms with Gasteiger partial charge in [-0.1, -0.05) is 0 Å². The van der Waals surface area contributed by atoms with Crippen molar-refractivity contribution in [1.29, 1.82) is 0 Å². The largest absolute Gasteiger partial charge is 0.489 e. The lowest BCUT2D eigenvalue weighted by Crippen LogP contribution is -2.48. The Bertz CT molecular complexity index is 667. The topological polar surface area (TPSA) is 55.3 Å². The third-order valence-electron chi connectivity index (χ3n) is 5.28. The summed E-state index contributed by atoms with van der Waals surface area (Å²) in [7, 11) is 1.74. The van der Waals surface area contributed by atoms with Crippen LogP contribution in [0.4, 0.5) is 8.78 Å². The maximum atomic E-state index is 13.6. The predicted molar refractivity (Wildman–Crippen MR) is 123 cm³/mol. The molecule has 2 fully saturated rings. The molecule has 9 heteroatoms. The molecule has 1 aromatic carbocycles. The van der Waals surface area contributed by atoms with Gasteiger partial charge in [-0.15, -0.1) is 24.0 Å². The third kappa shape index (κ3) is 7.81. The van der Waals surface area contributed by atoms with Crippen LogP contribution < -0.4 is 10.1 Å². The molecule has 170 valence electrons. The highest BCUT2D eigenvalue weighted by Gasteiger charge is 2.23. The first kappa shape index (κ1) is 25.1. The standard InChI is InChI=1S/C21H31F2N3O3.HI/c1-24-21(25-9-13-28-20-6-5-16(22)14-19(20)23)26-10-7-17(8-11-26)29-15-18-4-2-3-12-27-18;/h5-6,14,17-18H,2-4,7-13,15H2,1H3,(H,24,25);1H. The summed E-state index contributed by atoms with van der Waals surface area (Å²) in [4.78, 5) is 6.51. The zero-order valence-corrected chi connectivity index (χ0v) is 19.8. The molecule has 2 saturated heterocycles. The molecule has 0 radical (unpaired) electrons. The van der Waals surface area contributed by atoms with Gasteiger partial charge in [-0.25, -0.2) is 8.78 Å². The van der Waals surface area contributed by atoms with Crippen LogP contribution in [-0.4, -0.2) is 69.6 Å². The molecule has 0 bridgehead atoms. The minimum atomic E-state index is -0.699. The smallest absolute Gasteiger partial charge is 0.193 e. The van der Waals surface area contributed by atoms with Crippen molar-refractivity contribution < 1.29 is 23.0 Å². The first-order valence-corrected chi connectivity index (χ1v) is 10.4. The van der Waals surface area contributed by atoms with Gasteiger partial charge in [0.15, 0.2) is 17.5 Å². The van der Waals surface area contributed by atoms with Crippen molar-refractivity contribution in [3.05, 3.63) is 29.8 Å². The van der Waals surface area contributed by atoms with Gasteiger partial charge < -0.3 is 24.4 Å². The fourth-order valence-corrected chi connectivity index (χ4v) is 3.66. The van der Waals surface area contributed by atoms with E-state index in [0.29, 0.717) is 13.2 Å². The van der Waals surface area contributed by atoms with E-state index in [1.54, 1.807) is 7.05 Å². The van der Waals surface area contributed by atoms with Gasteiger partial charge in [0.1, 0.15) is 12.4 Å². The molecule has 0 aliphatic carbocycles. The molecule has 2 heterocycles. The van der Waals surface area contributed by atoms with E-state index >= 15 is 0 Å². The number of nitrogens with one attached hydrogen (secondary N) is 1. The van der Waals surface area contributed by atoms with Gasteiger partial charge in [-0.2, -0.15) is 0 Å².